The summed E-state index contributed by atoms with van der Waals surface area (Å²) >= 11 is 10.3. The van der Waals surface area contributed by atoms with Crippen LogP contribution in [-0.4, -0.2) is 17.5 Å². The first kappa shape index (κ1) is 14.4. The number of carbonyl (C=O) groups excluding carboxylic acids is 1. The van der Waals surface area contributed by atoms with E-state index >= 15 is 0 Å². The Morgan fingerprint density at radius 2 is 2.00 bits per heavy atom. The number of rotatable bonds is 5. The Kier molecular flexibility index (Phi) is 4.60. The molecule has 0 aliphatic rings. The van der Waals surface area contributed by atoms with Crippen LogP contribution in [0.25, 0.3) is 0 Å². The number of nitrogens with two attached hydrogens (primary N) is 1. The van der Waals surface area contributed by atoms with Crippen LogP contribution < -0.4 is 15.8 Å². The number of amides is 1. The molecule has 0 saturated heterocycles. The molecule has 0 radical (unpaired) electrons. The molecule has 1 aromatic carbocycles. The molecule has 0 atom stereocenters. The standard InChI is InChI=1S/C13H11ClN2O3S/c14-11-6-5-10(19-11)13(17)16-8-1-3-9(4-2-8)18-7-12(15)20/h1-6H,7H2,(H2,15,20)(H,16,17). The lowest BCUT2D eigenvalue weighted by molar-refractivity contribution is 0.0997. The zero-order valence-corrected chi connectivity index (χ0v) is 11.8. The van der Waals surface area contributed by atoms with Crippen molar-refractivity contribution in [3.63, 3.8) is 0 Å². The number of thiocarbonyl (C=S) groups is 1. The van der Waals surface area contributed by atoms with Crippen molar-refractivity contribution in [2.45, 2.75) is 0 Å². The number of carbonyl (C=O) groups is 1. The molecule has 7 heteroatoms. The van der Waals surface area contributed by atoms with E-state index in [1.807, 2.05) is 0 Å². The number of benzene rings is 1. The highest BCUT2D eigenvalue weighted by Crippen LogP contribution is 2.18. The third kappa shape index (κ3) is 3.97. The van der Waals surface area contributed by atoms with Crippen molar-refractivity contribution < 1.29 is 13.9 Å². The second kappa shape index (κ2) is 6.40. The molecule has 0 aliphatic carbocycles. The highest BCUT2D eigenvalue weighted by molar-refractivity contribution is 7.80. The Morgan fingerprint density at radius 3 is 2.55 bits per heavy atom. The fourth-order valence-corrected chi connectivity index (χ4v) is 1.62. The van der Waals surface area contributed by atoms with Gasteiger partial charge >= 0.3 is 0 Å². The number of hydrogen-bond acceptors (Lipinski definition) is 4. The summed E-state index contributed by atoms with van der Waals surface area (Å²) in [6.07, 6.45) is 0. The molecule has 20 heavy (non-hydrogen) atoms. The van der Waals surface area contributed by atoms with Crippen LogP contribution in [0.15, 0.2) is 40.8 Å². The van der Waals surface area contributed by atoms with Crippen molar-refractivity contribution >= 4 is 40.4 Å². The summed E-state index contributed by atoms with van der Waals surface area (Å²) < 4.78 is 10.3. The lowest BCUT2D eigenvalue weighted by Crippen LogP contribution is -2.17. The first-order valence-electron chi connectivity index (χ1n) is 5.62. The van der Waals surface area contributed by atoms with Gasteiger partial charge in [0, 0.05) is 5.69 Å². The monoisotopic (exact) mass is 310 g/mol. The van der Waals surface area contributed by atoms with Crippen molar-refractivity contribution in [2.24, 2.45) is 5.73 Å². The van der Waals surface area contributed by atoms with Crippen LogP contribution in [-0.2, 0) is 0 Å². The van der Waals surface area contributed by atoms with Crippen LogP contribution in [0.4, 0.5) is 5.69 Å². The fraction of sp³-hybridized carbons (Fsp3) is 0.0769. The SMILES string of the molecule is NC(=S)COc1ccc(NC(=O)c2ccc(Cl)o2)cc1. The maximum Gasteiger partial charge on any atom is 0.291 e. The Hall–Kier alpha value is -2.05. The smallest absolute Gasteiger partial charge is 0.291 e. The quantitative estimate of drug-likeness (QED) is 0.830. The highest BCUT2D eigenvalue weighted by Gasteiger charge is 2.10. The van der Waals surface area contributed by atoms with Gasteiger partial charge in [-0.2, -0.15) is 0 Å². The van der Waals surface area contributed by atoms with Gasteiger partial charge in [0.25, 0.3) is 5.91 Å². The lowest BCUT2D eigenvalue weighted by atomic mass is 10.3. The molecule has 0 aliphatic heterocycles. The molecule has 5 nitrogen and oxygen atoms in total. The molecule has 3 N–H and O–H groups in total. The molecule has 1 heterocycles. The minimum atomic E-state index is -0.381. The predicted octanol–water partition coefficient (Wildman–Crippen LogP) is 2.85. The third-order valence-electron chi connectivity index (χ3n) is 2.29. The van der Waals surface area contributed by atoms with Gasteiger partial charge in [-0.1, -0.05) is 12.2 Å². The van der Waals surface area contributed by atoms with Gasteiger partial charge in [0.05, 0.1) is 0 Å². The van der Waals surface area contributed by atoms with Gasteiger partial charge in [-0.25, -0.2) is 0 Å². The molecular formula is C13H11ClN2O3S. The molecule has 2 rings (SSSR count). The average Bonchev–Trinajstić information content (AvgIpc) is 2.85. The van der Waals surface area contributed by atoms with E-state index in [0.717, 1.165) is 0 Å². The van der Waals surface area contributed by atoms with Crippen LogP contribution in [0.1, 0.15) is 10.6 Å². The molecule has 1 amide bonds. The molecule has 0 spiro atoms. The zero-order valence-electron chi connectivity index (χ0n) is 10.3. The summed E-state index contributed by atoms with van der Waals surface area (Å²) in [5, 5.41) is 2.83. The van der Waals surface area contributed by atoms with Crippen molar-refractivity contribution in [1.82, 2.24) is 0 Å². The van der Waals surface area contributed by atoms with Crippen LogP contribution in [0.3, 0.4) is 0 Å². The van der Waals surface area contributed by atoms with Crippen molar-refractivity contribution in [1.29, 1.82) is 0 Å². The van der Waals surface area contributed by atoms with Crippen molar-refractivity contribution in [2.75, 3.05) is 11.9 Å². The fourth-order valence-electron chi connectivity index (χ4n) is 1.42. The largest absolute Gasteiger partial charge is 0.487 e. The van der Waals surface area contributed by atoms with Crippen LogP contribution >= 0.6 is 23.8 Å². The molecule has 2 aromatic rings. The van der Waals surface area contributed by atoms with Crippen LogP contribution in [0, 0.1) is 0 Å². The van der Waals surface area contributed by atoms with Crippen LogP contribution in [0.5, 0.6) is 5.75 Å². The van der Waals surface area contributed by atoms with Crippen molar-refractivity contribution in [3.05, 3.63) is 47.4 Å². The van der Waals surface area contributed by atoms with E-state index in [1.54, 1.807) is 24.3 Å². The summed E-state index contributed by atoms with van der Waals surface area (Å²) in [6, 6.07) is 9.78. The molecule has 1 aromatic heterocycles. The third-order valence-corrected chi connectivity index (χ3v) is 2.61. The van der Waals surface area contributed by atoms with Gasteiger partial charge in [-0.15, -0.1) is 0 Å². The van der Waals surface area contributed by atoms with E-state index < -0.39 is 0 Å². The minimum absolute atomic E-state index is 0.142. The van der Waals surface area contributed by atoms with Gasteiger partial charge < -0.3 is 20.2 Å². The molecule has 0 saturated carbocycles. The van der Waals surface area contributed by atoms with E-state index in [1.165, 1.54) is 12.1 Å². The number of halogens is 1. The topological polar surface area (TPSA) is 77.5 Å². The molecule has 0 unspecified atom stereocenters. The molecular weight excluding hydrogens is 300 g/mol. The van der Waals surface area contributed by atoms with E-state index in [-0.39, 0.29) is 28.5 Å². The van der Waals surface area contributed by atoms with E-state index in [4.69, 9.17) is 38.7 Å². The molecule has 0 fully saturated rings. The number of nitrogens with one attached hydrogen (secondary N) is 1. The Morgan fingerprint density at radius 1 is 1.30 bits per heavy atom. The lowest BCUT2D eigenvalue weighted by Gasteiger charge is -2.06. The Balaban J connectivity index is 1.96. The predicted molar refractivity (Wildman–Crippen MR) is 80.4 cm³/mol. The van der Waals surface area contributed by atoms with Crippen molar-refractivity contribution in [3.8, 4) is 5.75 Å². The number of hydrogen-bond donors (Lipinski definition) is 2. The summed E-state index contributed by atoms with van der Waals surface area (Å²) in [4.78, 5) is 12.1. The van der Waals surface area contributed by atoms with E-state index in [0.29, 0.717) is 11.4 Å². The first-order valence-corrected chi connectivity index (χ1v) is 6.41. The van der Waals surface area contributed by atoms with Gasteiger partial charge in [0.2, 0.25) is 0 Å². The first-order chi connectivity index (χ1) is 9.54. The van der Waals surface area contributed by atoms with E-state index in [2.05, 4.69) is 5.32 Å². The Labute approximate surface area is 125 Å². The van der Waals surface area contributed by atoms with Gasteiger partial charge in [-0.3, -0.25) is 4.79 Å². The summed E-state index contributed by atoms with van der Waals surface area (Å²) in [5.41, 5.74) is 5.93. The summed E-state index contributed by atoms with van der Waals surface area (Å²) in [5.74, 6) is 0.370. The normalized spacial score (nSPS) is 10.1. The highest BCUT2D eigenvalue weighted by atomic mass is 35.5. The van der Waals surface area contributed by atoms with Crippen LogP contribution in [0.2, 0.25) is 5.22 Å². The van der Waals surface area contributed by atoms with Gasteiger partial charge in [-0.05, 0) is 48.0 Å². The summed E-state index contributed by atoms with van der Waals surface area (Å²) in [7, 11) is 0. The maximum absolute atomic E-state index is 11.8. The number of furan rings is 1. The minimum Gasteiger partial charge on any atom is -0.487 e. The van der Waals surface area contributed by atoms with E-state index in [9.17, 15) is 4.79 Å². The van der Waals surface area contributed by atoms with Gasteiger partial charge in [0.15, 0.2) is 11.0 Å². The number of ether oxygens (including phenoxy) is 1. The zero-order chi connectivity index (χ0) is 14.5. The van der Waals surface area contributed by atoms with Gasteiger partial charge in [0.1, 0.15) is 17.3 Å². The average molecular weight is 311 g/mol. The summed E-state index contributed by atoms with van der Waals surface area (Å²) in [6.45, 7) is 0.173. The second-order valence-corrected chi connectivity index (χ2v) is 4.73. The maximum atomic E-state index is 11.8. The Bertz CT molecular complexity index is 625. The number of anilines is 1. The molecule has 104 valence electrons. The molecule has 0 bridgehead atoms. The second-order valence-electron chi connectivity index (χ2n) is 3.84.